The predicted octanol–water partition coefficient (Wildman–Crippen LogP) is 3.11. The molecular formula is C13H12BrF2N3O2. The number of hydrogen-bond acceptors (Lipinski definition) is 3. The van der Waals surface area contributed by atoms with Gasteiger partial charge in [0.2, 0.25) is 0 Å². The Morgan fingerprint density at radius 3 is 2.76 bits per heavy atom. The molecule has 0 unspecified atom stereocenters. The molecule has 8 heteroatoms. The van der Waals surface area contributed by atoms with Gasteiger partial charge in [-0.1, -0.05) is 5.21 Å². The molecule has 0 aliphatic rings. The second-order valence-corrected chi connectivity index (χ2v) is 5.33. The number of carboxylic acids is 1. The summed E-state index contributed by atoms with van der Waals surface area (Å²) in [7, 11) is 0. The lowest BCUT2D eigenvalue weighted by atomic mass is 10.1. The number of hydrogen-bond donors (Lipinski definition) is 1. The third-order valence-electron chi connectivity index (χ3n) is 2.85. The van der Waals surface area contributed by atoms with E-state index in [1.807, 2.05) is 0 Å². The summed E-state index contributed by atoms with van der Waals surface area (Å²) in [6, 6.07) is 2.06. The molecule has 2 rings (SSSR count). The monoisotopic (exact) mass is 359 g/mol. The zero-order valence-corrected chi connectivity index (χ0v) is 12.5. The first-order chi connectivity index (χ1) is 9.97. The fourth-order valence-corrected chi connectivity index (χ4v) is 2.12. The zero-order chi connectivity index (χ0) is 15.4. The number of aromatic nitrogens is 3. The van der Waals surface area contributed by atoms with Gasteiger partial charge in [0.1, 0.15) is 17.3 Å². The molecule has 0 bridgehead atoms. The smallest absolute Gasteiger partial charge is 0.303 e. The molecule has 0 saturated heterocycles. The minimum Gasteiger partial charge on any atom is -0.481 e. The summed E-state index contributed by atoms with van der Waals surface area (Å²) >= 11 is 2.90. The summed E-state index contributed by atoms with van der Waals surface area (Å²) in [5.74, 6) is -2.05. The van der Waals surface area contributed by atoms with Crippen LogP contribution in [0.1, 0.15) is 25.0 Å². The fraction of sp³-hybridized carbons (Fsp3) is 0.308. The Morgan fingerprint density at radius 2 is 2.05 bits per heavy atom. The predicted molar refractivity (Wildman–Crippen MR) is 74.2 cm³/mol. The fourth-order valence-electron chi connectivity index (χ4n) is 1.80. The molecule has 2 aromatic rings. The van der Waals surface area contributed by atoms with Crippen LogP contribution in [0.2, 0.25) is 0 Å². The molecule has 0 radical (unpaired) electrons. The largest absolute Gasteiger partial charge is 0.481 e. The van der Waals surface area contributed by atoms with Crippen LogP contribution in [0.5, 0.6) is 0 Å². The van der Waals surface area contributed by atoms with Gasteiger partial charge < -0.3 is 5.11 Å². The number of carbonyl (C=O) groups is 1. The van der Waals surface area contributed by atoms with E-state index in [0.717, 1.165) is 16.8 Å². The molecule has 0 fully saturated rings. The Balaban J connectivity index is 2.06. The van der Waals surface area contributed by atoms with Crippen LogP contribution in [0, 0.1) is 11.6 Å². The maximum Gasteiger partial charge on any atom is 0.303 e. The Kier molecular flexibility index (Phi) is 5.00. The Hall–Kier alpha value is -1.83. The van der Waals surface area contributed by atoms with Crippen molar-refractivity contribution in [3.63, 3.8) is 0 Å². The van der Waals surface area contributed by atoms with Crippen LogP contribution in [0.25, 0.3) is 5.69 Å². The molecule has 0 saturated carbocycles. The minimum atomic E-state index is -0.842. The van der Waals surface area contributed by atoms with Gasteiger partial charge in [-0.2, -0.15) is 0 Å². The van der Waals surface area contributed by atoms with Crippen LogP contribution >= 0.6 is 15.9 Å². The first-order valence-electron chi connectivity index (χ1n) is 6.25. The first kappa shape index (κ1) is 15.6. The van der Waals surface area contributed by atoms with E-state index >= 15 is 0 Å². The molecule has 0 amide bonds. The number of nitrogens with zero attached hydrogens (tertiary/aromatic N) is 3. The van der Waals surface area contributed by atoms with Crippen molar-refractivity contribution in [1.82, 2.24) is 15.0 Å². The average Bonchev–Trinajstić information content (AvgIpc) is 2.87. The second kappa shape index (κ2) is 6.75. The molecule has 5 nitrogen and oxygen atoms in total. The van der Waals surface area contributed by atoms with Crippen molar-refractivity contribution in [1.29, 1.82) is 0 Å². The summed E-state index contributed by atoms with van der Waals surface area (Å²) in [5, 5.41) is 16.2. The van der Waals surface area contributed by atoms with Crippen molar-refractivity contribution in [3.05, 3.63) is 40.1 Å². The number of benzene rings is 1. The first-order valence-corrected chi connectivity index (χ1v) is 7.04. The second-order valence-electron chi connectivity index (χ2n) is 4.47. The summed E-state index contributed by atoms with van der Waals surface area (Å²) < 4.78 is 28.4. The normalized spacial score (nSPS) is 10.8. The molecule has 1 aromatic carbocycles. The number of carboxylic acid groups (broad SMARTS) is 1. The average molecular weight is 360 g/mol. The van der Waals surface area contributed by atoms with E-state index in [4.69, 9.17) is 5.11 Å². The summed E-state index contributed by atoms with van der Waals surface area (Å²) in [4.78, 5) is 10.4. The number of aryl methyl sites for hydroxylation is 1. The van der Waals surface area contributed by atoms with E-state index < -0.39 is 17.6 Å². The number of aliphatic carboxylic acids is 1. The molecule has 0 atom stereocenters. The zero-order valence-electron chi connectivity index (χ0n) is 10.9. The summed E-state index contributed by atoms with van der Waals surface area (Å²) in [6.45, 7) is 0. The van der Waals surface area contributed by atoms with E-state index in [9.17, 15) is 13.6 Å². The van der Waals surface area contributed by atoms with Gasteiger partial charge in [0, 0.05) is 12.5 Å². The van der Waals surface area contributed by atoms with Crippen LogP contribution < -0.4 is 0 Å². The lowest BCUT2D eigenvalue weighted by Crippen LogP contribution is -2.00. The van der Waals surface area contributed by atoms with Gasteiger partial charge in [-0.3, -0.25) is 4.79 Å². The van der Waals surface area contributed by atoms with Gasteiger partial charge in [0.25, 0.3) is 0 Å². The van der Waals surface area contributed by atoms with Gasteiger partial charge in [-0.05, 0) is 41.3 Å². The number of unbranched alkanes of at least 4 members (excludes halogenated alkanes) is 1. The number of rotatable bonds is 6. The van der Waals surface area contributed by atoms with Crippen LogP contribution in [0.4, 0.5) is 8.78 Å². The molecule has 0 spiro atoms. The van der Waals surface area contributed by atoms with Gasteiger partial charge >= 0.3 is 5.97 Å². The van der Waals surface area contributed by atoms with E-state index in [1.54, 1.807) is 0 Å². The molecule has 0 aliphatic heterocycles. The molecule has 21 heavy (non-hydrogen) atoms. The lowest BCUT2D eigenvalue weighted by molar-refractivity contribution is -0.137. The van der Waals surface area contributed by atoms with E-state index in [-0.39, 0.29) is 16.6 Å². The highest BCUT2D eigenvalue weighted by Gasteiger charge is 2.12. The molecule has 1 aromatic heterocycles. The maximum absolute atomic E-state index is 13.8. The third kappa shape index (κ3) is 4.07. The van der Waals surface area contributed by atoms with Gasteiger partial charge in [0.05, 0.1) is 16.4 Å². The summed E-state index contributed by atoms with van der Waals surface area (Å²) in [5.41, 5.74) is 0.572. The van der Waals surface area contributed by atoms with Crippen LogP contribution in [-0.4, -0.2) is 26.1 Å². The molecule has 112 valence electrons. The van der Waals surface area contributed by atoms with Crippen molar-refractivity contribution in [2.24, 2.45) is 0 Å². The third-order valence-corrected chi connectivity index (χ3v) is 3.46. The highest BCUT2D eigenvalue weighted by atomic mass is 79.9. The van der Waals surface area contributed by atoms with E-state index in [0.29, 0.717) is 25.0 Å². The van der Waals surface area contributed by atoms with Crippen molar-refractivity contribution >= 4 is 21.9 Å². The van der Waals surface area contributed by atoms with E-state index in [2.05, 4.69) is 26.2 Å². The van der Waals surface area contributed by atoms with Gasteiger partial charge in [-0.15, -0.1) is 5.10 Å². The maximum atomic E-state index is 13.8. The highest BCUT2D eigenvalue weighted by Crippen LogP contribution is 2.22. The van der Waals surface area contributed by atoms with Crippen LogP contribution in [0.15, 0.2) is 22.8 Å². The van der Waals surface area contributed by atoms with Crippen molar-refractivity contribution in [2.45, 2.75) is 25.7 Å². The molecular weight excluding hydrogens is 348 g/mol. The lowest BCUT2D eigenvalue weighted by Gasteiger charge is -2.03. The summed E-state index contributed by atoms with van der Waals surface area (Å²) in [6.07, 6.45) is 3.31. The standard InChI is InChI=1S/C13H12BrF2N3O2/c14-9-5-11(16)12(6-10(9)15)19-7-8(17-18-19)3-1-2-4-13(20)21/h5-7H,1-4H2,(H,20,21). The Bertz CT molecular complexity index is 661. The minimum absolute atomic E-state index is 0.0278. The molecule has 1 N–H and O–H groups in total. The quantitative estimate of drug-likeness (QED) is 0.635. The van der Waals surface area contributed by atoms with Crippen molar-refractivity contribution < 1.29 is 18.7 Å². The van der Waals surface area contributed by atoms with E-state index in [1.165, 1.54) is 6.20 Å². The Morgan fingerprint density at radius 1 is 1.29 bits per heavy atom. The SMILES string of the molecule is O=C(O)CCCCc1cn(-c2cc(F)c(Br)cc2F)nn1. The molecule has 0 aliphatic carbocycles. The van der Waals surface area contributed by atoms with Gasteiger partial charge in [0.15, 0.2) is 0 Å². The van der Waals surface area contributed by atoms with Gasteiger partial charge in [-0.25, -0.2) is 13.5 Å². The van der Waals surface area contributed by atoms with Crippen LogP contribution in [-0.2, 0) is 11.2 Å². The molecule has 1 heterocycles. The Labute approximate surface area is 127 Å². The number of halogens is 3. The topological polar surface area (TPSA) is 68.0 Å². The van der Waals surface area contributed by atoms with Crippen LogP contribution in [0.3, 0.4) is 0 Å². The van der Waals surface area contributed by atoms with Crippen molar-refractivity contribution in [2.75, 3.05) is 0 Å². The van der Waals surface area contributed by atoms with Crippen molar-refractivity contribution in [3.8, 4) is 5.69 Å². The highest BCUT2D eigenvalue weighted by molar-refractivity contribution is 9.10.